The topological polar surface area (TPSA) is 88.1 Å². The van der Waals surface area contributed by atoms with Crippen molar-refractivity contribution in [3.8, 4) is 0 Å². The highest BCUT2D eigenvalue weighted by molar-refractivity contribution is 5.99. The molecule has 0 aliphatic heterocycles. The molecule has 0 saturated heterocycles. The second-order valence-corrected chi connectivity index (χ2v) is 3.29. The van der Waals surface area contributed by atoms with Gasteiger partial charge < -0.3 is 14.8 Å². The molecule has 84 valence electrons. The summed E-state index contributed by atoms with van der Waals surface area (Å²) in [7, 11) is 1.60. The van der Waals surface area contributed by atoms with E-state index in [9.17, 15) is 4.79 Å². The van der Waals surface area contributed by atoms with Crippen LogP contribution in [0.2, 0.25) is 0 Å². The highest BCUT2D eigenvalue weighted by Gasteiger charge is 2.12. The van der Waals surface area contributed by atoms with Gasteiger partial charge in [0.05, 0.1) is 17.7 Å². The normalized spacial score (nSPS) is 10.8. The second-order valence-electron chi connectivity index (χ2n) is 3.29. The van der Waals surface area contributed by atoms with Crippen LogP contribution in [0.15, 0.2) is 12.3 Å². The van der Waals surface area contributed by atoms with Gasteiger partial charge in [0.1, 0.15) is 5.82 Å². The number of hydrogen-bond acceptors (Lipinski definition) is 4. The summed E-state index contributed by atoms with van der Waals surface area (Å²) in [5.74, 6) is -0.313. The number of carbonyl (C=O) groups is 1. The van der Waals surface area contributed by atoms with E-state index < -0.39 is 5.97 Å². The smallest absolute Gasteiger partial charge is 0.338 e. The molecule has 0 aliphatic rings. The molecule has 0 aromatic carbocycles. The zero-order valence-electron chi connectivity index (χ0n) is 8.73. The summed E-state index contributed by atoms with van der Waals surface area (Å²) in [6.07, 6.45) is 2.04. The Kier molecular flexibility index (Phi) is 2.82. The number of H-pyrrole nitrogens is 1. The minimum Gasteiger partial charge on any atom is -0.478 e. The lowest BCUT2D eigenvalue weighted by Gasteiger charge is -1.94. The van der Waals surface area contributed by atoms with Gasteiger partial charge in [-0.15, -0.1) is 0 Å². The Morgan fingerprint density at radius 2 is 2.44 bits per heavy atom. The average molecular weight is 221 g/mol. The summed E-state index contributed by atoms with van der Waals surface area (Å²) in [4.78, 5) is 22.1. The fourth-order valence-electron chi connectivity index (χ4n) is 1.45. The van der Waals surface area contributed by atoms with Gasteiger partial charge in [-0.3, -0.25) is 0 Å². The molecule has 0 spiro atoms. The summed E-state index contributed by atoms with van der Waals surface area (Å²) in [5, 5.41) is 8.97. The monoisotopic (exact) mass is 221 g/mol. The maximum Gasteiger partial charge on any atom is 0.338 e. The van der Waals surface area contributed by atoms with Gasteiger partial charge in [0, 0.05) is 19.7 Å². The van der Waals surface area contributed by atoms with E-state index in [1.165, 1.54) is 12.3 Å². The third kappa shape index (κ3) is 1.87. The molecule has 2 aromatic heterocycles. The Balaban J connectivity index is 2.44. The highest BCUT2D eigenvalue weighted by Crippen LogP contribution is 2.14. The molecule has 0 atom stereocenters. The Morgan fingerprint density at radius 3 is 3.12 bits per heavy atom. The number of pyridine rings is 1. The number of hydrogen-bond donors (Lipinski definition) is 2. The van der Waals surface area contributed by atoms with E-state index in [0.29, 0.717) is 30.0 Å². The van der Waals surface area contributed by atoms with Crippen LogP contribution in [-0.4, -0.2) is 39.7 Å². The van der Waals surface area contributed by atoms with Crippen molar-refractivity contribution in [2.75, 3.05) is 13.7 Å². The van der Waals surface area contributed by atoms with Gasteiger partial charge in [-0.2, -0.15) is 0 Å². The molecule has 6 heteroatoms. The third-order valence-electron chi connectivity index (χ3n) is 2.21. The molecule has 2 rings (SSSR count). The van der Waals surface area contributed by atoms with Crippen molar-refractivity contribution in [1.82, 2.24) is 15.0 Å². The summed E-state index contributed by atoms with van der Waals surface area (Å²) >= 11 is 0. The van der Waals surface area contributed by atoms with Crippen molar-refractivity contribution >= 4 is 17.1 Å². The number of rotatable bonds is 4. The Bertz CT molecular complexity index is 521. The number of carboxylic acid groups (broad SMARTS) is 1. The van der Waals surface area contributed by atoms with E-state index in [-0.39, 0.29) is 5.56 Å². The van der Waals surface area contributed by atoms with E-state index in [1.54, 1.807) is 7.11 Å². The molecule has 0 radical (unpaired) electrons. The fraction of sp³-hybridized carbons (Fsp3) is 0.300. The molecule has 2 N–H and O–H groups in total. The molecule has 0 amide bonds. The van der Waals surface area contributed by atoms with Gasteiger partial charge in [-0.05, 0) is 6.07 Å². The van der Waals surface area contributed by atoms with E-state index in [1.807, 2.05) is 0 Å². The number of aromatic amines is 1. The van der Waals surface area contributed by atoms with Crippen LogP contribution in [0.3, 0.4) is 0 Å². The van der Waals surface area contributed by atoms with Crippen molar-refractivity contribution in [3.05, 3.63) is 23.7 Å². The fourth-order valence-corrected chi connectivity index (χ4v) is 1.45. The second kappa shape index (κ2) is 4.28. The van der Waals surface area contributed by atoms with Crippen molar-refractivity contribution < 1.29 is 14.6 Å². The lowest BCUT2D eigenvalue weighted by atomic mass is 10.2. The Labute approximate surface area is 91.3 Å². The predicted molar refractivity (Wildman–Crippen MR) is 56.4 cm³/mol. The number of aromatic carboxylic acids is 1. The first-order valence-corrected chi connectivity index (χ1v) is 4.78. The number of nitrogens with one attached hydrogen (secondary N) is 1. The molecule has 2 heterocycles. The largest absolute Gasteiger partial charge is 0.478 e. The van der Waals surface area contributed by atoms with E-state index >= 15 is 0 Å². The first-order valence-electron chi connectivity index (χ1n) is 4.78. The molecule has 6 nitrogen and oxygen atoms in total. The van der Waals surface area contributed by atoms with Crippen LogP contribution in [0, 0.1) is 0 Å². The maximum absolute atomic E-state index is 10.9. The summed E-state index contributed by atoms with van der Waals surface area (Å²) in [6.45, 7) is 0.530. The first kappa shape index (κ1) is 10.6. The van der Waals surface area contributed by atoms with Crippen LogP contribution in [0.4, 0.5) is 0 Å². The van der Waals surface area contributed by atoms with Crippen LogP contribution in [-0.2, 0) is 11.2 Å². The lowest BCUT2D eigenvalue weighted by molar-refractivity contribution is 0.0699. The number of fused-ring (bicyclic) bond motifs is 1. The number of ether oxygens (including phenoxy) is 1. The van der Waals surface area contributed by atoms with Gasteiger partial charge in [-0.1, -0.05) is 0 Å². The van der Waals surface area contributed by atoms with Crippen molar-refractivity contribution in [2.45, 2.75) is 6.42 Å². The van der Waals surface area contributed by atoms with Crippen LogP contribution in [0.25, 0.3) is 11.2 Å². The third-order valence-corrected chi connectivity index (χ3v) is 2.21. The van der Waals surface area contributed by atoms with Gasteiger partial charge in [0.15, 0.2) is 5.65 Å². The van der Waals surface area contributed by atoms with Crippen molar-refractivity contribution in [2.24, 2.45) is 0 Å². The van der Waals surface area contributed by atoms with Crippen LogP contribution in [0.5, 0.6) is 0 Å². The predicted octanol–water partition coefficient (Wildman–Crippen LogP) is 0.845. The zero-order chi connectivity index (χ0) is 11.5. The quantitative estimate of drug-likeness (QED) is 0.798. The van der Waals surface area contributed by atoms with E-state index in [0.717, 1.165) is 0 Å². The molecule has 0 saturated carbocycles. The number of nitrogens with zero attached hydrogens (tertiary/aromatic N) is 2. The molecule has 0 aliphatic carbocycles. The summed E-state index contributed by atoms with van der Waals surface area (Å²) in [5.41, 5.74) is 1.06. The van der Waals surface area contributed by atoms with Crippen LogP contribution < -0.4 is 0 Å². The molecule has 0 unspecified atom stereocenters. The Hall–Kier alpha value is -1.95. The molecule has 16 heavy (non-hydrogen) atoms. The minimum absolute atomic E-state index is 0.182. The van der Waals surface area contributed by atoms with Gasteiger partial charge in [-0.25, -0.2) is 14.8 Å². The Morgan fingerprint density at radius 1 is 1.62 bits per heavy atom. The number of methoxy groups -OCH3 is 1. The maximum atomic E-state index is 10.9. The molecular weight excluding hydrogens is 210 g/mol. The van der Waals surface area contributed by atoms with E-state index in [2.05, 4.69) is 15.0 Å². The van der Waals surface area contributed by atoms with Crippen LogP contribution in [0.1, 0.15) is 16.2 Å². The number of imidazole rings is 1. The standard InChI is InChI=1S/C10H11N3O3/c1-16-5-3-7-12-8-6(10(14)15)2-4-11-9(8)13-7/h2,4H,3,5H2,1H3,(H,14,15)(H,11,12,13). The molecule has 2 aromatic rings. The average Bonchev–Trinajstić information content (AvgIpc) is 2.68. The first-order chi connectivity index (χ1) is 7.72. The van der Waals surface area contributed by atoms with Gasteiger partial charge in [0.25, 0.3) is 0 Å². The summed E-state index contributed by atoms with van der Waals surface area (Å²) < 4.78 is 4.92. The van der Waals surface area contributed by atoms with Gasteiger partial charge >= 0.3 is 5.97 Å². The lowest BCUT2D eigenvalue weighted by Crippen LogP contribution is -1.98. The van der Waals surface area contributed by atoms with Crippen LogP contribution >= 0.6 is 0 Å². The summed E-state index contributed by atoms with van der Waals surface area (Å²) in [6, 6.07) is 1.45. The van der Waals surface area contributed by atoms with Gasteiger partial charge in [0.2, 0.25) is 0 Å². The molecular formula is C10H11N3O3. The number of aromatic nitrogens is 3. The minimum atomic E-state index is -0.991. The van der Waals surface area contributed by atoms with Crippen molar-refractivity contribution in [1.29, 1.82) is 0 Å². The zero-order valence-corrected chi connectivity index (χ0v) is 8.73. The SMILES string of the molecule is COCCc1nc2nccc(C(=O)O)c2[nH]1. The number of carboxylic acids is 1. The highest BCUT2D eigenvalue weighted by atomic mass is 16.5. The van der Waals surface area contributed by atoms with Crippen molar-refractivity contribution in [3.63, 3.8) is 0 Å². The molecule has 0 fully saturated rings. The molecule has 0 bridgehead atoms. The van der Waals surface area contributed by atoms with E-state index in [4.69, 9.17) is 9.84 Å².